The van der Waals surface area contributed by atoms with E-state index in [1.54, 1.807) is 24.3 Å². The van der Waals surface area contributed by atoms with Gasteiger partial charge in [-0.2, -0.15) is 0 Å². The number of nitrogens with one attached hydrogen (secondary N) is 1. The maximum atomic E-state index is 12.4. The molecule has 150 valence electrons. The van der Waals surface area contributed by atoms with Crippen LogP contribution < -0.4 is 11.1 Å². The number of benzene rings is 3. The molecule has 0 spiro atoms. The van der Waals surface area contributed by atoms with Gasteiger partial charge in [-0.05, 0) is 48.0 Å². The molecule has 0 saturated heterocycles. The number of anilines is 2. The fourth-order valence-electron chi connectivity index (χ4n) is 2.92. The van der Waals surface area contributed by atoms with Crippen LogP contribution in [-0.4, -0.2) is 23.0 Å². The molecule has 3 aromatic carbocycles. The number of amides is 1. The van der Waals surface area contributed by atoms with Crippen molar-refractivity contribution in [1.82, 2.24) is 4.98 Å². The molecule has 0 bridgehead atoms. The summed E-state index contributed by atoms with van der Waals surface area (Å²) in [4.78, 5) is 29.1. The summed E-state index contributed by atoms with van der Waals surface area (Å²) in [5.74, 6) is -1.04. The first-order valence-corrected chi connectivity index (χ1v) is 10.2. The van der Waals surface area contributed by atoms with Gasteiger partial charge < -0.3 is 10.5 Å². The van der Waals surface area contributed by atoms with Gasteiger partial charge in [0.2, 0.25) is 0 Å². The van der Waals surface area contributed by atoms with Crippen LogP contribution in [0, 0.1) is 0 Å². The highest BCUT2D eigenvalue weighted by atomic mass is 32.1. The zero-order chi connectivity index (χ0) is 21.1. The average molecular weight is 417 g/mol. The Morgan fingerprint density at radius 2 is 1.77 bits per heavy atom. The van der Waals surface area contributed by atoms with Crippen LogP contribution in [0.25, 0.3) is 22.0 Å². The Balaban J connectivity index is 1.41. The van der Waals surface area contributed by atoms with Crippen molar-refractivity contribution in [1.29, 1.82) is 0 Å². The maximum absolute atomic E-state index is 12.4. The summed E-state index contributed by atoms with van der Waals surface area (Å²) in [6.07, 6.45) is -0.969. The number of nitrogens with zero attached hydrogens (tertiary/aromatic N) is 1. The number of carbonyl (C=O) groups excluding carboxylic acids is 2. The van der Waals surface area contributed by atoms with Crippen LogP contribution in [0.5, 0.6) is 0 Å². The Hall–Kier alpha value is -3.71. The number of fused-ring (bicyclic) bond motifs is 1. The van der Waals surface area contributed by atoms with Gasteiger partial charge in [0.25, 0.3) is 5.91 Å². The number of aromatic nitrogens is 1. The molecule has 1 atom stereocenters. The minimum Gasteiger partial charge on any atom is -0.449 e. The third-order valence-corrected chi connectivity index (χ3v) is 5.34. The van der Waals surface area contributed by atoms with E-state index in [1.165, 1.54) is 18.3 Å². The predicted molar refractivity (Wildman–Crippen MR) is 119 cm³/mol. The molecule has 0 aliphatic carbocycles. The van der Waals surface area contributed by atoms with Crippen molar-refractivity contribution in [2.24, 2.45) is 0 Å². The van der Waals surface area contributed by atoms with E-state index in [2.05, 4.69) is 22.4 Å². The third-order valence-electron chi connectivity index (χ3n) is 4.58. The van der Waals surface area contributed by atoms with Crippen LogP contribution in [-0.2, 0) is 9.53 Å². The summed E-state index contributed by atoms with van der Waals surface area (Å²) in [6, 6.07) is 20.5. The lowest BCUT2D eigenvalue weighted by Gasteiger charge is -2.12. The molecule has 7 heteroatoms. The van der Waals surface area contributed by atoms with E-state index in [1.807, 2.05) is 35.7 Å². The largest absolute Gasteiger partial charge is 0.449 e. The predicted octanol–water partition coefficient (Wildman–Crippen LogP) is 4.73. The SMILES string of the molecule is CC(OC(=O)c1ccc(N)cc1)C(=O)Nc1nc(-c2ccc3ccccc3c2)cs1. The van der Waals surface area contributed by atoms with Crippen LogP contribution >= 0.6 is 11.3 Å². The summed E-state index contributed by atoms with van der Waals surface area (Å²) in [6.45, 7) is 1.52. The highest BCUT2D eigenvalue weighted by molar-refractivity contribution is 7.14. The van der Waals surface area contributed by atoms with Gasteiger partial charge in [-0.15, -0.1) is 11.3 Å². The van der Waals surface area contributed by atoms with Gasteiger partial charge >= 0.3 is 5.97 Å². The molecule has 0 aliphatic heterocycles. The van der Waals surface area contributed by atoms with E-state index < -0.39 is 18.0 Å². The minimum atomic E-state index is -0.969. The molecule has 0 fully saturated rings. The summed E-state index contributed by atoms with van der Waals surface area (Å²) in [5.41, 5.74) is 8.22. The molecular formula is C23H19N3O3S. The van der Waals surface area contributed by atoms with Gasteiger partial charge in [-0.25, -0.2) is 9.78 Å². The molecule has 3 N–H and O–H groups in total. The van der Waals surface area contributed by atoms with Crippen LogP contribution in [0.4, 0.5) is 10.8 Å². The number of thiazole rings is 1. The molecule has 0 radical (unpaired) electrons. The molecule has 30 heavy (non-hydrogen) atoms. The van der Waals surface area contributed by atoms with E-state index in [4.69, 9.17) is 10.5 Å². The van der Waals surface area contributed by atoms with Crippen LogP contribution in [0.1, 0.15) is 17.3 Å². The molecule has 4 aromatic rings. The first-order chi connectivity index (χ1) is 14.5. The molecule has 0 saturated carbocycles. The first-order valence-electron chi connectivity index (χ1n) is 9.32. The lowest BCUT2D eigenvalue weighted by atomic mass is 10.1. The summed E-state index contributed by atoms with van der Waals surface area (Å²) < 4.78 is 5.23. The molecule has 6 nitrogen and oxygen atoms in total. The van der Waals surface area contributed by atoms with Crippen molar-refractivity contribution in [2.45, 2.75) is 13.0 Å². The second-order valence-corrected chi connectivity index (χ2v) is 7.62. The van der Waals surface area contributed by atoms with Crippen LogP contribution in [0.2, 0.25) is 0 Å². The topological polar surface area (TPSA) is 94.3 Å². The Bertz CT molecular complexity index is 1220. The first kappa shape index (κ1) is 19.6. The highest BCUT2D eigenvalue weighted by Gasteiger charge is 2.20. The van der Waals surface area contributed by atoms with E-state index in [0.29, 0.717) is 16.4 Å². The molecule has 1 amide bonds. The molecule has 1 unspecified atom stereocenters. The number of hydrogen-bond donors (Lipinski definition) is 2. The molecule has 4 rings (SSSR count). The summed E-state index contributed by atoms with van der Waals surface area (Å²) in [5, 5.41) is 7.31. The van der Waals surface area contributed by atoms with Gasteiger partial charge in [0.05, 0.1) is 11.3 Å². The van der Waals surface area contributed by atoms with Gasteiger partial charge in [0.15, 0.2) is 11.2 Å². The number of nitrogen functional groups attached to an aromatic ring is 1. The second kappa shape index (κ2) is 8.34. The number of ether oxygens (including phenoxy) is 1. The van der Waals surface area contributed by atoms with E-state index in [9.17, 15) is 9.59 Å². The fraction of sp³-hybridized carbons (Fsp3) is 0.0870. The number of carbonyl (C=O) groups is 2. The molecule has 1 heterocycles. The zero-order valence-electron chi connectivity index (χ0n) is 16.2. The summed E-state index contributed by atoms with van der Waals surface area (Å²) >= 11 is 1.31. The third kappa shape index (κ3) is 4.31. The number of rotatable bonds is 5. The Morgan fingerprint density at radius 3 is 2.53 bits per heavy atom. The maximum Gasteiger partial charge on any atom is 0.338 e. The van der Waals surface area contributed by atoms with Crippen molar-refractivity contribution < 1.29 is 14.3 Å². The van der Waals surface area contributed by atoms with Crippen molar-refractivity contribution in [3.05, 3.63) is 77.7 Å². The average Bonchev–Trinajstić information content (AvgIpc) is 3.22. The van der Waals surface area contributed by atoms with Gasteiger partial charge in [0, 0.05) is 16.6 Å². The lowest BCUT2D eigenvalue weighted by Crippen LogP contribution is -2.29. The second-order valence-electron chi connectivity index (χ2n) is 6.76. The minimum absolute atomic E-state index is 0.330. The number of nitrogens with two attached hydrogens (primary N) is 1. The monoisotopic (exact) mass is 417 g/mol. The highest BCUT2D eigenvalue weighted by Crippen LogP contribution is 2.28. The van der Waals surface area contributed by atoms with Crippen LogP contribution in [0.3, 0.4) is 0 Å². The quantitative estimate of drug-likeness (QED) is 0.362. The smallest absolute Gasteiger partial charge is 0.338 e. The number of hydrogen-bond acceptors (Lipinski definition) is 6. The van der Waals surface area contributed by atoms with Gasteiger partial charge in [0.1, 0.15) is 0 Å². The lowest BCUT2D eigenvalue weighted by molar-refractivity contribution is -0.123. The van der Waals surface area contributed by atoms with Crippen molar-refractivity contribution in [2.75, 3.05) is 11.1 Å². The Kier molecular flexibility index (Phi) is 5.45. The summed E-state index contributed by atoms with van der Waals surface area (Å²) in [7, 11) is 0. The van der Waals surface area contributed by atoms with Gasteiger partial charge in [-0.3, -0.25) is 10.1 Å². The standard InChI is InChI=1S/C23H19N3O3S/c1-14(29-22(28)16-8-10-19(24)11-9-16)21(27)26-23-25-20(13-30-23)18-7-6-15-4-2-3-5-17(15)12-18/h2-14H,24H2,1H3,(H,25,26,27). The van der Waals surface area contributed by atoms with Crippen molar-refractivity contribution >= 4 is 44.8 Å². The molecule has 0 aliphatic rings. The van der Waals surface area contributed by atoms with Gasteiger partial charge in [-0.1, -0.05) is 36.4 Å². The van der Waals surface area contributed by atoms with Crippen molar-refractivity contribution in [3.8, 4) is 11.3 Å². The van der Waals surface area contributed by atoms with E-state index in [-0.39, 0.29) is 0 Å². The number of esters is 1. The molecule has 1 aromatic heterocycles. The van der Waals surface area contributed by atoms with Crippen LogP contribution in [0.15, 0.2) is 72.1 Å². The Labute approximate surface area is 177 Å². The van der Waals surface area contributed by atoms with Crippen molar-refractivity contribution in [3.63, 3.8) is 0 Å². The zero-order valence-corrected chi connectivity index (χ0v) is 17.0. The Morgan fingerprint density at radius 1 is 1.03 bits per heavy atom. The molecular weight excluding hydrogens is 398 g/mol. The van der Waals surface area contributed by atoms with E-state index in [0.717, 1.165) is 22.0 Å². The normalized spacial score (nSPS) is 11.8. The fourth-order valence-corrected chi connectivity index (χ4v) is 3.64. The van der Waals surface area contributed by atoms with E-state index >= 15 is 0 Å².